The SMILES string of the molecule is C#Cc1ccc([C@H](C)NC(=O)[C@@H]2C[C@@H](O)CN2C(=O)C(NC(=O)OC(C)(C)C)C(C)(C)O)cc1. The predicted molar refractivity (Wildman–Crippen MR) is 127 cm³/mol. The van der Waals surface area contributed by atoms with Gasteiger partial charge < -0.3 is 30.5 Å². The second-order valence-electron chi connectivity index (χ2n) is 10.1. The molecule has 186 valence electrons. The molecule has 1 aromatic carbocycles. The third kappa shape index (κ3) is 7.20. The minimum atomic E-state index is -1.66. The molecule has 34 heavy (non-hydrogen) atoms. The number of benzene rings is 1. The van der Waals surface area contributed by atoms with Crippen molar-refractivity contribution in [2.45, 2.75) is 83.4 Å². The van der Waals surface area contributed by atoms with E-state index in [-0.39, 0.29) is 19.0 Å². The highest BCUT2D eigenvalue weighted by Crippen LogP contribution is 2.24. The summed E-state index contributed by atoms with van der Waals surface area (Å²) in [5, 5.41) is 26.1. The molecule has 4 N–H and O–H groups in total. The maximum atomic E-state index is 13.4. The van der Waals surface area contributed by atoms with Gasteiger partial charge in [-0.05, 0) is 59.2 Å². The van der Waals surface area contributed by atoms with Crippen molar-refractivity contribution < 1.29 is 29.3 Å². The number of ether oxygens (including phenoxy) is 1. The Morgan fingerprint density at radius 1 is 1.15 bits per heavy atom. The highest BCUT2D eigenvalue weighted by molar-refractivity contribution is 5.92. The number of carbonyl (C=O) groups is 3. The minimum absolute atomic E-state index is 0.0331. The second-order valence-corrected chi connectivity index (χ2v) is 10.1. The number of aliphatic hydroxyl groups excluding tert-OH is 1. The quantitative estimate of drug-likeness (QED) is 0.463. The Hall–Kier alpha value is -3.09. The van der Waals surface area contributed by atoms with Crippen molar-refractivity contribution in [2.24, 2.45) is 0 Å². The number of carbonyl (C=O) groups excluding carboxylic acids is 3. The van der Waals surface area contributed by atoms with Crippen LogP contribution in [0.25, 0.3) is 0 Å². The van der Waals surface area contributed by atoms with Gasteiger partial charge >= 0.3 is 6.09 Å². The van der Waals surface area contributed by atoms with E-state index < -0.39 is 47.3 Å². The molecule has 0 bridgehead atoms. The van der Waals surface area contributed by atoms with E-state index in [0.717, 1.165) is 5.56 Å². The van der Waals surface area contributed by atoms with Crippen molar-refractivity contribution in [3.8, 4) is 12.3 Å². The second kappa shape index (κ2) is 10.5. The molecular weight excluding hydrogens is 438 g/mol. The minimum Gasteiger partial charge on any atom is -0.444 e. The third-order valence-electron chi connectivity index (χ3n) is 5.42. The summed E-state index contributed by atoms with van der Waals surface area (Å²) in [5.74, 6) is 1.38. The van der Waals surface area contributed by atoms with E-state index in [4.69, 9.17) is 11.2 Å². The lowest BCUT2D eigenvalue weighted by Gasteiger charge is -2.35. The molecule has 0 aromatic heterocycles. The van der Waals surface area contributed by atoms with E-state index in [1.807, 2.05) is 12.1 Å². The average molecular weight is 474 g/mol. The number of hydrogen-bond acceptors (Lipinski definition) is 6. The van der Waals surface area contributed by atoms with E-state index in [0.29, 0.717) is 5.56 Å². The van der Waals surface area contributed by atoms with E-state index in [2.05, 4.69) is 16.6 Å². The van der Waals surface area contributed by atoms with Gasteiger partial charge in [0, 0.05) is 18.5 Å². The smallest absolute Gasteiger partial charge is 0.408 e. The van der Waals surface area contributed by atoms with E-state index >= 15 is 0 Å². The fourth-order valence-electron chi connectivity index (χ4n) is 3.70. The number of aliphatic hydroxyl groups is 2. The molecule has 1 heterocycles. The Balaban J connectivity index is 2.18. The number of terminal acetylenes is 1. The molecular formula is C25H35N3O6. The summed E-state index contributed by atoms with van der Waals surface area (Å²) in [6.45, 7) is 9.45. The Labute approximate surface area is 200 Å². The molecule has 0 spiro atoms. The zero-order chi connectivity index (χ0) is 25.8. The lowest BCUT2D eigenvalue weighted by molar-refractivity contribution is -0.144. The molecule has 3 amide bonds. The number of nitrogens with one attached hydrogen (secondary N) is 2. The molecule has 2 rings (SSSR count). The van der Waals surface area contributed by atoms with E-state index in [1.165, 1.54) is 18.7 Å². The largest absolute Gasteiger partial charge is 0.444 e. The highest BCUT2D eigenvalue weighted by atomic mass is 16.6. The number of amides is 3. The van der Waals surface area contributed by atoms with Gasteiger partial charge in [-0.2, -0.15) is 0 Å². The van der Waals surface area contributed by atoms with Crippen LogP contribution in [0, 0.1) is 12.3 Å². The number of rotatable bonds is 6. The molecule has 0 aliphatic carbocycles. The van der Waals surface area contributed by atoms with E-state index in [9.17, 15) is 24.6 Å². The van der Waals surface area contributed by atoms with Gasteiger partial charge in [-0.15, -0.1) is 6.42 Å². The summed E-state index contributed by atoms with van der Waals surface area (Å²) >= 11 is 0. The summed E-state index contributed by atoms with van der Waals surface area (Å²) < 4.78 is 5.22. The fourth-order valence-corrected chi connectivity index (χ4v) is 3.70. The highest BCUT2D eigenvalue weighted by Gasteiger charge is 2.46. The molecule has 1 aliphatic heterocycles. The van der Waals surface area contributed by atoms with Crippen molar-refractivity contribution in [3.63, 3.8) is 0 Å². The molecule has 9 heteroatoms. The van der Waals surface area contributed by atoms with Crippen molar-refractivity contribution in [1.29, 1.82) is 0 Å². The van der Waals surface area contributed by atoms with Gasteiger partial charge in [-0.3, -0.25) is 9.59 Å². The lowest BCUT2D eigenvalue weighted by atomic mass is 9.97. The molecule has 1 aromatic rings. The Kier molecular flexibility index (Phi) is 8.35. The number of nitrogens with zero attached hydrogens (tertiary/aromatic N) is 1. The van der Waals surface area contributed by atoms with Crippen LogP contribution in [0.15, 0.2) is 24.3 Å². The molecule has 9 nitrogen and oxygen atoms in total. The van der Waals surface area contributed by atoms with Crippen molar-refractivity contribution in [3.05, 3.63) is 35.4 Å². The Bertz CT molecular complexity index is 939. The molecule has 1 aliphatic rings. The van der Waals surface area contributed by atoms with Crippen LogP contribution in [0.1, 0.15) is 65.1 Å². The third-order valence-corrected chi connectivity index (χ3v) is 5.42. The molecule has 1 saturated heterocycles. The van der Waals surface area contributed by atoms with Crippen LogP contribution < -0.4 is 10.6 Å². The lowest BCUT2D eigenvalue weighted by Crippen LogP contribution is -2.61. The van der Waals surface area contributed by atoms with Crippen LogP contribution in [0.2, 0.25) is 0 Å². The maximum Gasteiger partial charge on any atom is 0.408 e. The van der Waals surface area contributed by atoms with Crippen LogP contribution in [0.4, 0.5) is 4.79 Å². The first-order chi connectivity index (χ1) is 15.6. The standard InChI is InChI=1S/C25H35N3O6/c1-8-16-9-11-17(12-10-16)15(2)26-21(30)19-13-18(29)14-28(19)22(31)20(25(6,7)33)27-23(32)34-24(3,4)5/h1,9-12,15,18-20,29,33H,13-14H2,2-7H3,(H,26,30)(H,27,32)/t15-,18+,19-,20?/m0/s1. The first kappa shape index (κ1) is 27.2. The Morgan fingerprint density at radius 2 is 1.74 bits per heavy atom. The van der Waals surface area contributed by atoms with Crippen molar-refractivity contribution in [2.75, 3.05) is 6.54 Å². The summed E-state index contributed by atoms with van der Waals surface area (Å²) in [6, 6.07) is 4.41. The van der Waals surface area contributed by atoms with Crippen LogP contribution >= 0.6 is 0 Å². The summed E-state index contributed by atoms with van der Waals surface area (Å²) in [7, 11) is 0. The van der Waals surface area contributed by atoms with Crippen LogP contribution in [0.5, 0.6) is 0 Å². The number of likely N-dealkylation sites (tertiary alicyclic amines) is 1. The maximum absolute atomic E-state index is 13.4. The van der Waals surface area contributed by atoms with Gasteiger partial charge in [-0.1, -0.05) is 18.1 Å². The van der Waals surface area contributed by atoms with Crippen molar-refractivity contribution >= 4 is 17.9 Å². The van der Waals surface area contributed by atoms with Crippen LogP contribution in [-0.4, -0.2) is 69.0 Å². The topological polar surface area (TPSA) is 128 Å². The number of β-amino-alcohol motifs (C(OH)–C–C–N with tert-alkyl or cyclic N) is 1. The normalized spacial score (nSPS) is 20.1. The Morgan fingerprint density at radius 3 is 2.24 bits per heavy atom. The first-order valence-electron chi connectivity index (χ1n) is 11.2. The number of alkyl carbamates (subject to hydrolysis) is 1. The van der Waals surface area contributed by atoms with Gasteiger partial charge in [0.1, 0.15) is 17.7 Å². The molecule has 1 unspecified atom stereocenters. The summed E-state index contributed by atoms with van der Waals surface area (Å²) in [5.41, 5.74) is -0.926. The van der Waals surface area contributed by atoms with Gasteiger partial charge in [0.25, 0.3) is 0 Å². The van der Waals surface area contributed by atoms with Gasteiger partial charge in [0.15, 0.2) is 0 Å². The van der Waals surface area contributed by atoms with Crippen LogP contribution in [0.3, 0.4) is 0 Å². The summed E-state index contributed by atoms with van der Waals surface area (Å²) in [6.07, 6.45) is 3.61. The van der Waals surface area contributed by atoms with E-state index in [1.54, 1.807) is 39.8 Å². The molecule has 4 atom stereocenters. The molecule has 0 saturated carbocycles. The average Bonchev–Trinajstić information content (AvgIpc) is 3.11. The monoisotopic (exact) mass is 473 g/mol. The van der Waals surface area contributed by atoms with Gasteiger partial charge in [0.2, 0.25) is 11.8 Å². The first-order valence-corrected chi connectivity index (χ1v) is 11.2. The summed E-state index contributed by atoms with van der Waals surface area (Å²) in [4.78, 5) is 39.9. The van der Waals surface area contributed by atoms with Crippen molar-refractivity contribution in [1.82, 2.24) is 15.5 Å². The molecule has 1 fully saturated rings. The predicted octanol–water partition coefficient (Wildman–Crippen LogP) is 1.47. The van der Waals surface area contributed by atoms with Gasteiger partial charge in [-0.25, -0.2) is 4.79 Å². The van der Waals surface area contributed by atoms with Crippen LogP contribution in [-0.2, 0) is 14.3 Å². The zero-order valence-corrected chi connectivity index (χ0v) is 20.6. The van der Waals surface area contributed by atoms with Gasteiger partial charge in [0.05, 0.1) is 17.7 Å². The number of hydrogen-bond donors (Lipinski definition) is 4. The fraction of sp³-hybridized carbons (Fsp3) is 0.560. The zero-order valence-electron chi connectivity index (χ0n) is 20.6. The molecule has 0 radical (unpaired) electrons.